The molecule has 0 unspecified atom stereocenters. The van der Waals surface area contributed by atoms with Gasteiger partial charge in [0.25, 0.3) is 5.91 Å². The Morgan fingerprint density at radius 1 is 1.24 bits per heavy atom. The highest BCUT2D eigenvalue weighted by Crippen LogP contribution is 2.25. The Kier molecular flexibility index (Phi) is 4.77. The Hall–Kier alpha value is -2.40. The largest absolute Gasteiger partial charge is 0.347 e. The summed E-state index contributed by atoms with van der Waals surface area (Å²) in [6.45, 7) is 4.34. The van der Waals surface area contributed by atoms with Crippen molar-refractivity contribution in [2.45, 2.75) is 26.3 Å². The molecule has 1 N–H and O–H groups in total. The molecule has 6 heteroatoms. The SMILES string of the molecule is Cc1ccc(N2C[C@@H](NC(=O)c3c(F)cccc3Cl)CC2=O)cc1C. The van der Waals surface area contributed by atoms with Gasteiger partial charge in [0, 0.05) is 18.7 Å². The quantitative estimate of drug-likeness (QED) is 0.908. The highest BCUT2D eigenvalue weighted by atomic mass is 35.5. The second-order valence-electron chi connectivity index (χ2n) is 6.24. The van der Waals surface area contributed by atoms with E-state index in [2.05, 4.69) is 5.32 Å². The Morgan fingerprint density at radius 3 is 2.68 bits per heavy atom. The van der Waals surface area contributed by atoms with Crippen LogP contribution in [0, 0.1) is 19.7 Å². The summed E-state index contributed by atoms with van der Waals surface area (Å²) in [6, 6.07) is 9.49. The number of benzene rings is 2. The molecule has 130 valence electrons. The van der Waals surface area contributed by atoms with E-state index in [1.807, 2.05) is 32.0 Å². The summed E-state index contributed by atoms with van der Waals surface area (Å²) in [6.07, 6.45) is 0.171. The average Bonchev–Trinajstić information content (AvgIpc) is 2.90. The molecule has 1 aliphatic heterocycles. The maximum atomic E-state index is 13.9. The first kappa shape index (κ1) is 17.4. The van der Waals surface area contributed by atoms with Crippen LogP contribution in [0.1, 0.15) is 27.9 Å². The van der Waals surface area contributed by atoms with Crippen LogP contribution in [-0.2, 0) is 4.79 Å². The van der Waals surface area contributed by atoms with Gasteiger partial charge in [0.2, 0.25) is 5.91 Å². The van der Waals surface area contributed by atoms with Gasteiger partial charge in [0.05, 0.1) is 16.6 Å². The fraction of sp³-hybridized carbons (Fsp3) is 0.263. The van der Waals surface area contributed by atoms with Crippen LogP contribution in [-0.4, -0.2) is 24.4 Å². The minimum Gasteiger partial charge on any atom is -0.347 e. The van der Waals surface area contributed by atoms with Crippen LogP contribution >= 0.6 is 11.6 Å². The zero-order chi connectivity index (χ0) is 18.1. The Morgan fingerprint density at radius 2 is 2.00 bits per heavy atom. The minimum atomic E-state index is -0.680. The summed E-state index contributed by atoms with van der Waals surface area (Å²) >= 11 is 5.92. The van der Waals surface area contributed by atoms with Crippen molar-refractivity contribution < 1.29 is 14.0 Å². The summed E-state index contributed by atoms with van der Waals surface area (Å²) in [7, 11) is 0. The predicted octanol–water partition coefficient (Wildman–Crippen LogP) is 3.63. The number of carbonyl (C=O) groups excluding carboxylic acids is 2. The molecular weight excluding hydrogens is 343 g/mol. The van der Waals surface area contributed by atoms with E-state index in [-0.39, 0.29) is 22.9 Å². The number of nitrogens with zero attached hydrogens (tertiary/aromatic N) is 1. The smallest absolute Gasteiger partial charge is 0.256 e. The molecule has 0 aliphatic carbocycles. The van der Waals surface area contributed by atoms with Gasteiger partial charge in [-0.25, -0.2) is 4.39 Å². The number of hydrogen-bond acceptors (Lipinski definition) is 2. The van der Waals surface area contributed by atoms with E-state index < -0.39 is 17.8 Å². The number of rotatable bonds is 3. The van der Waals surface area contributed by atoms with Gasteiger partial charge in [-0.1, -0.05) is 23.7 Å². The Bertz CT molecular complexity index is 833. The lowest BCUT2D eigenvalue weighted by molar-refractivity contribution is -0.117. The number of aryl methyl sites for hydroxylation is 2. The molecule has 0 aromatic heterocycles. The normalized spacial score (nSPS) is 17.0. The van der Waals surface area contributed by atoms with Gasteiger partial charge in [-0.15, -0.1) is 0 Å². The van der Waals surface area contributed by atoms with Crippen LogP contribution in [0.2, 0.25) is 5.02 Å². The second kappa shape index (κ2) is 6.84. The van der Waals surface area contributed by atoms with Gasteiger partial charge >= 0.3 is 0 Å². The summed E-state index contributed by atoms with van der Waals surface area (Å²) < 4.78 is 13.9. The van der Waals surface area contributed by atoms with E-state index in [1.54, 1.807) is 4.90 Å². The Labute approximate surface area is 150 Å². The van der Waals surface area contributed by atoms with Crippen molar-refractivity contribution in [3.05, 3.63) is 63.9 Å². The lowest BCUT2D eigenvalue weighted by Crippen LogP contribution is -2.37. The van der Waals surface area contributed by atoms with E-state index in [0.29, 0.717) is 6.54 Å². The molecule has 0 radical (unpaired) electrons. The van der Waals surface area contributed by atoms with Crippen molar-refractivity contribution in [2.75, 3.05) is 11.4 Å². The zero-order valence-corrected chi connectivity index (χ0v) is 14.7. The molecule has 2 amide bonds. The number of halogens is 2. The van der Waals surface area contributed by atoms with Gasteiger partial charge in [-0.05, 0) is 49.2 Å². The lowest BCUT2D eigenvalue weighted by atomic mass is 10.1. The van der Waals surface area contributed by atoms with Crippen molar-refractivity contribution in [1.82, 2.24) is 5.32 Å². The number of carbonyl (C=O) groups is 2. The molecule has 3 rings (SSSR count). The van der Waals surface area contributed by atoms with E-state index in [0.717, 1.165) is 16.8 Å². The fourth-order valence-electron chi connectivity index (χ4n) is 2.92. The van der Waals surface area contributed by atoms with E-state index in [4.69, 9.17) is 11.6 Å². The highest BCUT2D eigenvalue weighted by Gasteiger charge is 2.32. The third kappa shape index (κ3) is 3.51. The molecule has 2 aromatic carbocycles. The molecule has 2 aromatic rings. The van der Waals surface area contributed by atoms with E-state index in [9.17, 15) is 14.0 Å². The molecule has 1 fully saturated rings. The van der Waals surface area contributed by atoms with Crippen LogP contribution in [0.5, 0.6) is 0 Å². The topological polar surface area (TPSA) is 49.4 Å². The molecule has 1 heterocycles. The maximum absolute atomic E-state index is 13.9. The third-order valence-electron chi connectivity index (χ3n) is 4.45. The zero-order valence-electron chi connectivity index (χ0n) is 14.0. The van der Waals surface area contributed by atoms with Crippen molar-refractivity contribution in [2.24, 2.45) is 0 Å². The molecule has 1 aliphatic rings. The molecule has 0 spiro atoms. The first-order chi connectivity index (χ1) is 11.9. The number of anilines is 1. The molecule has 25 heavy (non-hydrogen) atoms. The van der Waals surface area contributed by atoms with Gasteiger partial charge in [0.15, 0.2) is 0 Å². The summed E-state index contributed by atoms with van der Waals surface area (Å²) in [5.74, 6) is -1.36. The minimum absolute atomic E-state index is 0.0489. The number of nitrogens with one attached hydrogen (secondary N) is 1. The first-order valence-electron chi connectivity index (χ1n) is 7.99. The number of amides is 2. The molecule has 1 saturated heterocycles. The van der Waals surface area contributed by atoms with Gasteiger partial charge in [0.1, 0.15) is 5.82 Å². The lowest BCUT2D eigenvalue weighted by Gasteiger charge is -2.18. The van der Waals surface area contributed by atoms with Crippen molar-refractivity contribution in [1.29, 1.82) is 0 Å². The molecule has 0 bridgehead atoms. The van der Waals surface area contributed by atoms with Crippen LogP contribution in [0.4, 0.5) is 10.1 Å². The molecular formula is C19H18ClFN2O2. The maximum Gasteiger partial charge on any atom is 0.256 e. The monoisotopic (exact) mass is 360 g/mol. The molecule has 1 atom stereocenters. The van der Waals surface area contributed by atoms with Crippen LogP contribution in [0.25, 0.3) is 0 Å². The fourth-order valence-corrected chi connectivity index (χ4v) is 3.17. The van der Waals surface area contributed by atoms with Gasteiger partial charge in [-0.2, -0.15) is 0 Å². The summed E-state index contributed by atoms with van der Waals surface area (Å²) in [4.78, 5) is 26.3. The van der Waals surface area contributed by atoms with E-state index in [1.165, 1.54) is 18.2 Å². The summed E-state index contributed by atoms with van der Waals surface area (Å²) in [5.41, 5.74) is 2.85. The predicted molar refractivity (Wildman–Crippen MR) is 95.6 cm³/mol. The second-order valence-corrected chi connectivity index (χ2v) is 6.65. The molecule has 0 saturated carbocycles. The van der Waals surface area contributed by atoms with Crippen molar-refractivity contribution in [3.8, 4) is 0 Å². The highest BCUT2D eigenvalue weighted by molar-refractivity contribution is 6.33. The first-order valence-corrected chi connectivity index (χ1v) is 8.37. The van der Waals surface area contributed by atoms with Crippen LogP contribution in [0.15, 0.2) is 36.4 Å². The van der Waals surface area contributed by atoms with Crippen molar-refractivity contribution in [3.63, 3.8) is 0 Å². The average molecular weight is 361 g/mol. The Balaban J connectivity index is 1.74. The van der Waals surface area contributed by atoms with Gasteiger partial charge in [-0.3, -0.25) is 9.59 Å². The van der Waals surface area contributed by atoms with Crippen LogP contribution < -0.4 is 10.2 Å². The standard InChI is InChI=1S/C19H18ClFN2O2/c1-11-6-7-14(8-12(11)2)23-10-13(9-17(23)24)22-19(25)18-15(20)4-3-5-16(18)21/h3-8,13H,9-10H2,1-2H3,(H,22,25)/t13-/m0/s1. The summed E-state index contributed by atoms with van der Waals surface area (Å²) in [5, 5.41) is 2.76. The third-order valence-corrected chi connectivity index (χ3v) is 4.77. The van der Waals surface area contributed by atoms with Gasteiger partial charge < -0.3 is 10.2 Å². The van der Waals surface area contributed by atoms with Crippen molar-refractivity contribution >= 4 is 29.1 Å². The van der Waals surface area contributed by atoms with E-state index >= 15 is 0 Å². The van der Waals surface area contributed by atoms with Crippen LogP contribution in [0.3, 0.4) is 0 Å². The number of hydrogen-bond donors (Lipinski definition) is 1. The molecule has 4 nitrogen and oxygen atoms in total.